The molecule has 1 aliphatic rings. The monoisotopic (exact) mass is 291 g/mol. The molecule has 19 heavy (non-hydrogen) atoms. The van der Waals surface area contributed by atoms with E-state index in [9.17, 15) is 9.59 Å². The van der Waals surface area contributed by atoms with Crippen molar-refractivity contribution in [3.8, 4) is 0 Å². The predicted molar refractivity (Wildman–Crippen MR) is 78.1 cm³/mol. The largest absolute Gasteiger partial charge is 0.351 e. The van der Waals surface area contributed by atoms with Crippen LogP contribution in [-0.2, 0) is 9.59 Å². The summed E-state index contributed by atoms with van der Waals surface area (Å²) in [5.41, 5.74) is 5.30. The first-order valence-electron chi connectivity index (χ1n) is 6.74. The average Bonchev–Trinajstić information content (AvgIpc) is 2.37. The summed E-state index contributed by atoms with van der Waals surface area (Å²) >= 11 is 0. The number of nitrogens with one attached hydrogen (secondary N) is 1. The molecule has 1 saturated heterocycles. The molecule has 0 bridgehead atoms. The molecule has 1 unspecified atom stereocenters. The summed E-state index contributed by atoms with van der Waals surface area (Å²) in [5.74, 6) is 0.180. The number of piperidine rings is 1. The van der Waals surface area contributed by atoms with E-state index in [2.05, 4.69) is 5.32 Å². The Morgan fingerprint density at radius 3 is 2.47 bits per heavy atom. The number of carbonyl (C=O) groups is 2. The lowest BCUT2D eigenvalue weighted by atomic mass is 9.81. The molecule has 3 N–H and O–H groups in total. The van der Waals surface area contributed by atoms with E-state index < -0.39 is 5.41 Å². The lowest BCUT2D eigenvalue weighted by Crippen LogP contribution is -2.53. The van der Waals surface area contributed by atoms with Crippen molar-refractivity contribution < 1.29 is 9.59 Å². The number of likely N-dealkylation sites (tertiary alicyclic amines) is 1. The van der Waals surface area contributed by atoms with Crippen LogP contribution in [0, 0.1) is 5.41 Å². The van der Waals surface area contributed by atoms with Crippen LogP contribution in [0.5, 0.6) is 0 Å². The van der Waals surface area contributed by atoms with Gasteiger partial charge in [0.2, 0.25) is 11.8 Å². The summed E-state index contributed by atoms with van der Waals surface area (Å²) in [4.78, 5) is 25.4. The average molecular weight is 292 g/mol. The normalized spacial score (nSPS) is 19.9. The summed E-state index contributed by atoms with van der Waals surface area (Å²) in [7, 11) is 1.77. The lowest BCUT2D eigenvalue weighted by molar-refractivity contribution is -0.136. The van der Waals surface area contributed by atoms with Gasteiger partial charge in [0.1, 0.15) is 0 Å². The molecule has 0 radical (unpaired) electrons. The Bertz CT molecular complexity index is 311. The molecular weight excluding hydrogens is 266 g/mol. The third-order valence-corrected chi connectivity index (χ3v) is 4.19. The fraction of sp³-hybridized carbons (Fsp3) is 0.846. The van der Waals surface area contributed by atoms with Crippen LogP contribution >= 0.6 is 12.4 Å². The fourth-order valence-electron chi connectivity index (χ4n) is 2.42. The summed E-state index contributed by atoms with van der Waals surface area (Å²) in [6.45, 7) is 4.95. The minimum atomic E-state index is -0.458. The Balaban J connectivity index is 0.00000324. The van der Waals surface area contributed by atoms with Crippen molar-refractivity contribution in [1.82, 2.24) is 10.2 Å². The van der Waals surface area contributed by atoms with E-state index >= 15 is 0 Å². The van der Waals surface area contributed by atoms with Gasteiger partial charge in [-0.2, -0.15) is 0 Å². The molecule has 0 aromatic carbocycles. The van der Waals surface area contributed by atoms with Gasteiger partial charge < -0.3 is 16.0 Å². The van der Waals surface area contributed by atoms with Crippen LogP contribution in [0.25, 0.3) is 0 Å². The number of nitrogens with two attached hydrogens (primary N) is 1. The molecule has 112 valence electrons. The molecule has 0 aromatic heterocycles. The van der Waals surface area contributed by atoms with Crippen molar-refractivity contribution in [2.75, 3.05) is 20.1 Å². The third kappa shape index (κ3) is 4.08. The minimum absolute atomic E-state index is 0. The number of carbonyl (C=O) groups excluding carboxylic acids is 2. The number of likely N-dealkylation sites (N-methyl/N-ethyl adjacent to an activating group) is 1. The highest BCUT2D eigenvalue weighted by atomic mass is 35.5. The third-order valence-electron chi connectivity index (χ3n) is 4.19. The van der Waals surface area contributed by atoms with Crippen molar-refractivity contribution in [1.29, 1.82) is 0 Å². The van der Waals surface area contributed by atoms with Crippen LogP contribution in [-0.4, -0.2) is 42.9 Å². The molecule has 1 rings (SSSR count). The van der Waals surface area contributed by atoms with E-state index in [4.69, 9.17) is 5.73 Å². The van der Waals surface area contributed by atoms with Crippen molar-refractivity contribution >= 4 is 24.2 Å². The first-order chi connectivity index (χ1) is 8.49. The number of halogens is 1. The number of hydrogen-bond donors (Lipinski definition) is 2. The standard InChI is InChI=1S/C13H25N3O2.ClH/c1-4-13(5-2,9-14)12(18)15-10-6-7-11(17)16(3)8-10;/h10H,4-9,14H2,1-3H3,(H,15,18);1H. The van der Waals surface area contributed by atoms with Gasteiger partial charge in [0, 0.05) is 32.6 Å². The van der Waals surface area contributed by atoms with E-state index in [-0.39, 0.29) is 30.3 Å². The quantitative estimate of drug-likeness (QED) is 0.790. The Labute approximate surface area is 121 Å². The van der Waals surface area contributed by atoms with Crippen LogP contribution in [0.2, 0.25) is 0 Å². The maximum absolute atomic E-state index is 12.3. The van der Waals surface area contributed by atoms with E-state index in [1.165, 1.54) is 0 Å². The number of amides is 2. The highest BCUT2D eigenvalue weighted by Gasteiger charge is 2.35. The van der Waals surface area contributed by atoms with E-state index in [1.54, 1.807) is 11.9 Å². The first kappa shape index (κ1) is 18.2. The molecule has 2 amide bonds. The first-order valence-corrected chi connectivity index (χ1v) is 6.74. The van der Waals surface area contributed by atoms with Crippen molar-refractivity contribution in [3.05, 3.63) is 0 Å². The minimum Gasteiger partial charge on any atom is -0.351 e. The molecule has 0 spiro atoms. The Hall–Kier alpha value is -0.810. The molecule has 1 atom stereocenters. The molecule has 5 nitrogen and oxygen atoms in total. The van der Waals surface area contributed by atoms with Crippen LogP contribution in [0.4, 0.5) is 0 Å². The fourth-order valence-corrected chi connectivity index (χ4v) is 2.42. The van der Waals surface area contributed by atoms with Gasteiger partial charge in [0.25, 0.3) is 0 Å². The molecule has 0 aliphatic carbocycles. The van der Waals surface area contributed by atoms with E-state index in [1.807, 2.05) is 13.8 Å². The van der Waals surface area contributed by atoms with Gasteiger partial charge in [-0.15, -0.1) is 12.4 Å². The second-order valence-electron chi connectivity index (χ2n) is 5.17. The lowest BCUT2D eigenvalue weighted by Gasteiger charge is -2.34. The van der Waals surface area contributed by atoms with Crippen molar-refractivity contribution in [3.63, 3.8) is 0 Å². The van der Waals surface area contributed by atoms with Crippen LogP contribution in [0.3, 0.4) is 0 Å². The van der Waals surface area contributed by atoms with E-state index in [0.29, 0.717) is 19.5 Å². The Morgan fingerprint density at radius 1 is 1.47 bits per heavy atom. The molecule has 0 aromatic rings. The van der Waals surface area contributed by atoms with Crippen molar-refractivity contribution in [2.45, 2.75) is 45.6 Å². The molecule has 1 fully saturated rings. The van der Waals surface area contributed by atoms with Crippen LogP contribution in [0.1, 0.15) is 39.5 Å². The van der Waals surface area contributed by atoms with Gasteiger partial charge in [-0.1, -0.05) is 13.8 Å². The highest BCUT2D eigenvalue weighted by molar-refractivity contribution is 5.85. The molecular formula is C13H26ClN3O2. The SMILES string of the molecule is CCC(CC)(CN)C(=O)NC1CCC(=O)N(C)C1.Cl. The molecule has 1 heterocycles. The number of rotatable bonds is 5. The zero-order chi connectivity index (χ0) is 13.8. The molecule has 1 aliphatic heterocycles. The van der Waals surface area contributed by atoms with Gasteiger partial charge >= 0.3 is 0 Å². The summed E-state index contributed by atoms with van der Waals surface area (Å²) in [5, 5.41) is 3.05. The zero-order valence-electron chi connectivity index (χ0n) is 12.1. The Morgan fingerprint density at radius 2 is 2.05 bits per heavy atom. The zero-order valence-corrected chi connectivity index (χ0v) is 12.9. The second kappa shape index (κ2) is 7.70. The van der Waals surface area contributed by atoms with Gasteiger partial charge in [-0.3, -0.25) is 9.59 Å². The summed E-state index contributed by atoms with van der Waals surface area (Å²) in [6.07, 6.45) is 2.72. The maximum Gasteiger partial charge on any atom is 0.227 e. The smallest absolute Gasteiger partial charge is 0.227 e. The van der Waals surface area contributed by atoms with Gasteiger partial charge in [0.15, 0.2) is 0 Å². The number of hydrogen-bond acceptors (Lipinski definition) is 3. The second-order valence-corrected chi connectivity index (χ2v) is 5.17. The van der Waals surface area contributed by atoms with Crippen LogP contribution in [0.15, 0.2) is 0 Å². The summed E-state index contributed by atoms with van der Waals surface area (Å²) < 4.78 is 0. The van der Waals surface area contributed by atoms with E-state index in [0.717, 1.165) is 19.3 Å². The molecule has 6 heteroatoms. The van der Waals surface area contributed by atoms with Gasteiger partial charge in [-0.05, 0) is 19.3 Å². The number of nitrogens with zero attached hydrogens (tertiary/aromatic N) is 1. The maximum atomic E-state index is 12.3. The predicted octanol–water partition coefficient (Wildman–Crippen LogP) is 0.910. The van der Waals surface area contributed by atoms with Crippen molar-refractivity contribution in [2.24, 2.45) is 11.1 Å². The molecule has 0 saturated carbocycles. The topological polar surface area (TPSA) is 75.4 Å². The summed E-state index contributed by atoms with van der Waals surface area (Å²) in [6, 6.07) is 0.0595. The highest BCUT2D eigenvalue weighted by Crippen LogP contribution is 2.25. The van der Waals surface area contributed by atoms with Gasteiger partial charge in [-0.25, -0.2) is 0 Å². The van der Waals surface area contributed by atoms with Crippen LogP contribution < -0.4 is 11.1 Å². The van der Waals surface area contributed by atoms with Gasteiger partial charge in [0.05, 0.1) is 5.41 Å². The Kier molecular flexibility index (Phi) is 7.37.